The first kappa shape index (κ1) is 17.8. The smallest absolute Gasteiger partial charge is 0.318 e. The number of carbonyl (C=O) groups is 2. The first-order valence-corrected chi connectivity index (χ1v) is 8.68. The van der Waals surface area contributed by atoms with Crippen LogP contribution in [0.25, 0.3) is 0 Å². The lowest BCUT2D eigenvalue weighted by molar-refractivity contribution is -0.155. The van der Waals surface area contributed by atoms with Gasteiger partial charge in [-0.1, -0.05) is 43.0 Å². The van der Waals surface area contributed by atoms with Gasteiger partial charge in [-0.25, -0.2) is 0 Å². The number of rotatable bonds is 6. The molecular weight excluding hydrogens is 314 g/mol. The van der Waals surface area contributed by atoms with Crippen LogP contribution in [0.4, 0.5) is 0 Å². The van der Waals surface area contributed by atoms with Gasteiger partial charge in [-0.2, -0.15) is 0 Å². The van der Waals surface area contributed by atoms with Crippen LogP contribution < -0.4 is 5.32 Å². The predicted molar refractivity (Wildman–Crippen MR) is 90.0 cm³/mol. The summed E-state index contributed by atoms with van der Waals surface area (Å²) in [6, 6.07) is 7.30. The van der Waals surface area contributed by atoms with Gasteiger partial charge in [-0.05, 0) is 43.4 Å². The summed E-state index contributed by atoms with van der Waals surface area (Å²) in [5.41, 5.74) is 0.953. The molecule has 0 bridgehead atoms. The van der Waals surface area contributed by atoms with Crippen LogP contribution in [0, 0.1) is 11.8 Å². The third-order valence-corrected chi connectivity index (χ3v) is 4.58. The molecule has 0 aliphatic heterocycles. The molecule has 1 saturated carbocycles. The van der Waals surface area contributed by atoms with Gasteiger partial charge in [0.15, 0.2) is 0 Å². The van der Waals surface area contributed by atoms with Crippen LogP contribution in [0.15, 0.2) is 24.3 Å². The fraction of sp³-hybridized carbons (Fsp3) is 0.556. The van der Waals surface area contributed by atoms with E-state index in [-0.39, 0.29) is 11.8 Å². The van der Waals surface area contributed by atoms with Crippen LogP contribution in [-0.4, -0.2) is 18.5 Å². The summed E-state index contributed by atoms with van der Waals surface area (Å²) in [7, 11) is 0. The quantitative estimate of drug-likeness (QED) is 0.636. The molecule has 1 aromatic carbocycles. The van der Waals surface area contributed by atoms with Crippen LogP contribution in [-0.2, 0) is 20.9 Å². The molecule has 126 valence electrons. The molecule has 0 saturated heterocycles. The van der Waals surface area contributed by atoms with Crippen LogP contribution in [0.2, 0.25) is 5.02 Å². The number of ether oxygens (including phenoxy) is 1. The molecule has 4 nitrogen and oxygen atoms in total. The molecule has 5 heteroatoms. The van der Waals surface area contributed by atoms with Crippen LogP contribution in [0.3, 0.4) is 0 Å². The summed E-state index contributed by atoms with van der Waals surface area (Å²) in [5.74, 6) is -1.23. The van der Waals surface area contributed by atoms with Gasteiger partial charge < -0.3 is 10.1 Å². The summed E-state index contributed by atoms with van der Waals surface area (Å²) in [6.07, 6.45) is 5.16. The Hall–Kier alpha value is -1.55. The molecular formula is C18H24ClNO3. The number of esters is 1. The monoisotopic (exact) mass is 337 g/mol. The first-order valence-electron chi connectivity index (χ1n) is 8.30. The first-order chi connectivity index (χ1) is 11.1. The van der Waals surface area contributed by atoms with Gasteiger partial charge in [0.05, 0.1) is 6.61 Å². The Labute approximate surface area is 142 Å². The molecule has 1 aliphatic rings. The zero-order valence-electron chi connectivity index (χ0n) is 13.5. The number of carbonyl (C=O) groups excluding carboxylic acids is 2. The molecule has 1 aliphatic carbocycles. The van der Waals surface area contributed by atoms with Crippen molar-refractivity contribution in [1.82, 2.24) is 5.32 Å². The Kier molecular flexibility index (Phi) is 6.90. The van der Waals surface area contributed by atoms with E-state index in [9.17, 15) is 9.59 Å². The lowest BCUT2D eigenvalue weighted by Crippen LogP contribution is -2.41. The number of hydrogen-bond donors (Lipinski definition) is 1. The molecule has 0 radical (unpaired) electrons. The average Bonchev–Trinajstić information content (AvgIpc) is 2.56. The van der Waals surface area contributed by atoms with E-state index in [4.69, 9.17) is 16.3 Å². The van der Waals surface area contributed by atoms with E-state index in [0.717, 1.165) is 31.2 Å². The van der Waals surface area contributed by atoms with Crippen molar-refractivity contribution < 1.29 is 14.3 Å². The van der Waals surface area contributed by atoms with Gasteiger partial charge in [0.1, 0.15) is 5.92 Å². The normalized spacial score (nSPS) is 16.6. The van der Waals surface area contributed by atoms with Crippen molar-refractivity contribution in [3.05, 3.63) is 34.9 Å². The number of nitrogens with one attached hydrogen (secondary N) is 1. The van der Waals surface area contributed by atoms with Gasteiger partial charge in [-0.3, -0.25) is 9.59 Å². The lowest BCUT2D eigenvalue weighted by atomic mass is 9.79. The largest absolute Gasteiger partial charge is 0.465 e. The number of benzene rings is 1. The maximum absolute atomic E-state index is 12.6. The van der Waals surface area contributed by atoms with Crippen molar-refractivity contribution in [3.63, 3.8) is 0 Å². The maximum atomic E-state index is 12.6. The molecule has 0 aromatic heterocycles. The van der Waals surface area contributed by atoms with Gasteiger partial charge >= 0.3 is 5.97 Å². The molecule has 1 N–H and O–H groups in total. The van der Waals surface area contributed by atoms with Crippen LogP contribution in [0.1, 0.15) is 44.6 Å². The number of hydrogen-bond acceptors (Lipinski definition) is 3. The van der Waals surface area contributed by atoms with Crippen molar-refractivity contribution >= 4 is 23.5 Å². The highest BCUT2D eigenvalue weighted by molar-refractivity contribution is 6.30. The fourth-order valence-electron chi connectivity index (χ4n) is 3.11. The van der Waals surface area contributed by atoms with Gasteiger partial charge in [-0.15, -0.1) is 0 Å². The number of halogens is 1. The van der Waals surface area contributed by atoms with Crippen molar-refractivity contribution in [2.24, 2.45) is 11.8 Å². The molecule has 1 fully saturated rings. The molecule has 0 heterocycles. The highest BCUT2D eigenvalue weighted by atomic mass is 35.5. The topological polar surface area (TPSA) is 55.4 Å². The molecule has 1 aromatic rings. The summed E-state index contributed by atoms with van der Waals surface area (Å²) in [5, 5.41) is 3.53. The standard InChI is InChI=1S/C18H24ClNO3/c1-2-23-18(22)16(14-6-4-3-5-7-14)17(21)20-12-13-8-10-15(19)11-9-13/h8-11,14,16H,2-7,12H2,1H3,(H,20,21)/t16-/m1/s1. The SMILES string of the molecule is CCOC(=O)[C@@H](C(=O)NCc1ccc(Cl)cc1)C1CCCCC1. The second-order valence-corrected chi connectivity index (χ2v) is 6.41. The van der Waals surface area contributed by atoms with Crippen molar-refractivity contribution in [1.29, 1.82) is 0 Å². The molecule has 23 heavy (non-hydrogen) atoms. The minimum Gasteiger partial charge on any atom is -0.465 e. The Balaban J connectivity index is 2.00. The third-order valence-electron chi connectivity index (χ3n) is 4.32. The van der Waals surface area contributed by atoms with E-state index in [2.05, 4.69) is 5.32 Å². The minimum atomic E-state index is -0.692. The van der Waals surface area contributed by atoms with Crippen LogP contribution >= 0.6 is 11.6 Å². The molecule has 0 spiro atoms. The van der Waals surface area contributed by atoms with Gasteiger partial charge in [0.25, 0.3) is 0 Å². The maximum Gasteiger partial charge on any atom is 0.318 e. The Morgan fingerprint density at radius 3 is 2.48 bits per heavy atom. The van der Waals surface area contributed by atoms with Gasteiger partial charge in [0, 0.05) is 11.6 Å². The molecule has 1 atom stereocenters. The summed E-state index contributed by atoms with van der Waals surface area (Å²) >= 11 is 5.85. The van der Waals surface area contributed by atoms with Crippen molar-refractivity contribution in [2.45, 2.75) is 45.6 Å². The second kappa shape index (κ2) is 8.92. The highest BCUT2D eigenvalue weighted by Crippen LogP contribution is 2.31. The second-order valence-electron chi connectivity index (χ2n) is 5.97. The average molecular weight is 338 g/mol. The molecule has 2 rings (SSSR count). The van der Waals surface area contributed by atoms with Crippen LogP contribution in [0.5, 0.6) is 0 Å². The van der Waals surface area contributed by atoms with E-state index >= 15 is 0 Å². The van der Waals surface area contributed by atoms with E-state index < -0.39 is 11.9 Å². The molecule has 1 amide bonds. The summed E-state index contributed by atoms with van der Waals surface area (Å²) in [4.78, 5) is 24.8. The fourth-order valence-corrected chi connectivity index (χ4v) is 3.24. The zero-order valence-corrected chi connectivity index (χ0v) is 14.3. The third kappa shape index (κ3) is 5.24. The Morgan fingerprint density at radius 1 is 1.22 bits per heavy atom. The van der Waals surface area contributed by atoms with E-state index in [0.29, 0.717) is 18.2 Å². The highest BCUT2D eigenvalue weighted by Gasteiger charge is 2.36. The van der Waals surface area contributed by atoms with Crippen molar-refractivity contribution in [2.75, 3.05) is 6.61 Å². The lowest BCUT2D eigenvalue weighted by Gasteiger charge is -2.27. The molecule has 0 unspecified atom stereocenters. The minimum absolute atomic E-state index is 0.0908. The Bertz CT molecular complexity index is 524. The summed E-state index contributed by atoms with van der Waals surface area (Å²) in [6.45, 7) is 2.45. The zero-order chi connectivity index (χ0) is 16.7. The van der Waals surface area contributed by atoms with Crippen molar-refractivity contribution in [3.8, 4) is 0 Å². The van der Waals surface area contributed by atoms with E-state index in [1.54, 1.807) is 19.1 Å². The predicted octanol–water partition coefficient (Wildman–Crippen LogP) is 3.72. The number of amides is 1. The summed E-state index contributed by atoms with van der Waals surface area (Å²) < 4.78 is 5.13. The Morgan fingerprint density at radius 2 is 1.87 bits per heavy atom. The van der Waals surface area contributed by atoms with E-state index in [1.807, 2.05) is 12.1 Å². The van der Waals surface area contributed by atoms with Gasteiger partial charge in [0.2, 0.25) is 5.91 Å². The van der Waals surface area contributed by atoms with E-state index in [1.165, 1.54) is 6.42 Å².